The van der Waals surface area contributed by atoms with Gasteiger partial charge < -0.3 is 9.53 Å². The molecule has 1 aliphatic rings. The molecule has 0 saturated heterocycles. The van der Waals surface area contributed by atoms with Gasteiger partial charge in [0.25, 0.3) is 0 Å². The highest BCUT2D eigenvalue weighted by atomic mass is 79.9. The van der Waals surface area contributed by atoms with Gasteiger partial charge in [-0.3, -0.25) is 4.79 Å². The molecular weight excluding hydrogens is 358 g/mol. The molecule has 2 rings (SSSR count). The molecule has 0 N–H and O–H groups in total. The summed E-state index contributed by atoms with van der Waals surface area (Å²) in [5, 5.41) is 9.83. The molecule has 0 unspecified atom stereocenters. The van der Waals surface area contributed by atoms with Crippen molar-refractivity contribution in [3.63, 3.8) is 0 Å². The molecule has 120 valence electrons. The number of carbonyl (C=O) groups excluding carboxylic acids is 2. The first-order valence-electron chi connectivity index (χ1n) is 7.45. The van der Waals surface area contributed by atoms with E-state index in [9.17, 15) is 14.9 Å². The molecule has 0 spiro atoms. The average molecular weight is 376 g/mol. The zero-order valence-electron chi connectivity index (χ0n) is 12.9. The second-order valence-electron chi connectivity index (χ2n) is 5.65. The minimum absolute atomic E-state index is 0.192. The van der Waals surface area contributed by atoms with Crippen LogP contribution < -0.4 is 0 Å². The number of aldehydes is 1. The van der Waals surface area contributed by atoms with Crippen molar-refractivity contribution >= 4 is 28.2 Å². The van der Waals surface area contributed by atoms with Crippen LogP contribution in [-0.4, -0.2) is 18.9 Å². The first kappa shape index (κ1) is 17.4. The van der Waals surface area contributed by atoms with Gasteiger partial charge in [0.2, 0.25) is 0 Å². The molecule has 4 atom stereocenters. The van der Waals surface area contributed by atoms with E-state index in [4.69, 9.17) is 4.74 Å². The lowest BCUT2D eigenvalue weighted by molar-refractivity contribution is -0.152. The van der Waals surface area contributed by atoms with E-state index < -0.39 is 23.2 Å². The number of benzene rings is 1. The summed E-state index contributed by atoms with van der Waals surface area (Å²) in [5.74, 6) is -1.83. The lowest BCUT2D eigenvalue weighted by Crippen LogP contribution is -2.36. The van der Waals surface area contributed by atoms with Crippen LogP contribution in [0, 0.1) is 28.6 Å². The van der Waals surface area contributed by atoms with Crippen LogP contribution in [0.3, 0.4) is 0 Å². The van der Waals surface area contributed by atoms with Crippen LogP contribution in [0.25, 0.3) is 0 Å². The molecule has 1 fully saturated rings. The van der Waals surface area contributed by atoms with Crippen LogP contribution in [0.2, 0.25) is 0 Å². The van der Waals surface area contributed by atoms with E-state index in [0.717, 1.165) is 16.3 Å². The van der Waals surface area contributed by atoms with E-state index in [-0.39, 0.29) is 18.9 Å². The summed E-state index contributed by atoms with van der Waals surface area (Å²) in [5.41, 5.74) is -0.600. The van der Waals surface area contributed by atoms with Crippen molar-refractivity contribution in [2.75, 3.05) is 6.61 Å². The van der Waals surface area contributed by atoms with Crippen LogP contribution in [-0.2, 0) is 14.3 Å². The molecule has 23 heavy (non-hydrogen) atoms. The number of ether oxygens (including phenoxy) is 1. The maximum Gasteiger partial charge on any atom is 0.327 e. The first-order valence-corrected chi connectivity index (χ1v) is 8.25. The quantitative estimate of drug-likeness (QED) is 0.447. The van der Waals surface area contributed by atoms with Gasteiger partial charge in [-0.15, -0.1) is 6.58 Å². The first-order chi connectivity index (χ1) is 11.0. The molecule has 0 amide bonds. The number of halogens is 1. The average Bonchev–Trinajstić information content (AvgIpc) is 2.89. The van der Waals surface area contributed by atoms with Gasteiger partial charge in [0.15, 0.2) is 5.41 Å². The van der Waals surface area contributed by atoms with Crippen LogP contribution in [0.15, 0.2) is 41.4 Å². The summed E-state index contributed by atoms with van der Waals surface area (Å²) in [7, 11) is 0. The van der Waals surface area contributed by atoms with E-state index in [1.165, 1.54) is 0 Å². The van der Waals surface area contributed by atoms with Crippen LogP contribution >= 0.6 is 15.9 Å². The number of nitriles is 1. The Kier molecular flexibility index (Phi) is 5.38. The number of hydrogen-bond donors (Lipinski definition) is 0. The van der Waals surface area contributed by atoms with E-state index in [2.05, 4.69) is 28.6 Å². The third-order valence-electron chi connectivity index (χ3n) is 4.47. The van der Waals surface area contributed by atoms with Crippen molar-refractivity contribution in [3.05, 3.63) is 47.0 Å². The van der Waals surface area contributed by atoms with Gasteiger partial charge >= 0.3 is 5.97 Å². The monoisotopic (exact) mass is 375 g/mol. The highest BCUT2D eigenvalue weighted by Gasteiger charge is 2.59. The molecule has 0 aliphatic heterocycles. The Bertz CT molecular complexity index is 666. The summed E-state index contributed by atoms with van der Waals surface area (Å²) in [4.78, 5) is 24.3. The lowest BCUT2D eigenvalue weighted by atomic mass is 9.73. The van der Waals surface area contributed by atoms with Gasteiger partial charge in [0.05, 0.1) is 12.7 Å². The van der Waals surface area contributed by atoms with Crippen molar-refractivity contribution in [1.29, 1.82) is 5.26 Å². The van der Waals surface area contributed by atoms with E-state index in [1.807, 2.05) is 24.3 Å². The van der Waals surface area contributed by atoms with Crippen molar-refractivity contribution in [2.45, 2.75) is 19.3 Å². The van der Waals surface area contributed by atoms with Gasteiger partial charge in [-0.25, -0.2) is 0 Å². The Morgan fingerprint density at radius 2 is 2.35 bits per heavy atom. The number of rotatable bonds is 5. The maximum atomic E-state index is 12.6. The second kappa shape index (κ2) is 7.10. The molecule has 0 heterocycles. The molecule has 1 aromatic rings. The predicted octanol–water partition coefficient (Wildman–Crippen LogP) is 3.63. The summed E-state index contributed by atoms with van der Waals surface area (Å²) in [6.45, 7) is 5.66. The van der Waals surface area contributed by atoms with Crippen LogP contribution in [0.5, 0.6) is 0 Å². The fourth-order valence-corrected chi connectivity index (χ4v) is 3.89. The summed E-state index contributed by atoms with van der Waals surface area (Å²) < 4.78 is 6.00. The molecule has 0 aromatic heterocycles. The third kappa shape index (κ3) is 2.96. The third-order valence-corrected chi connectivity index (χ3v) is 4.97. The number of allylic oxidation sites excluding steroid dienone is 1. The maximum absolute atomic E-state index is 12.6. The van der Waals surface area contributed by atoms with Gasteiger partial charge in [-0.2, -0.15) is 5.26 Å². The SMILES string of the molecule is C=C[C@H]1C[C@@](C#N)(C(=O)OCC)[C@H](c2cccc(Br)c2)[C@H]1C=O. The molecular formula is C18H18BrNO3. The van der Waals surface area contributed by atoms with Crippen molar-refractivity contribution in [2.24, 2.45) is 17.3 Å². The Hall–Kier alpha value is -1.93. The van der Waals surface area contributed by atoms with Crippen LogP contribution in [0.4, 0.5) is 0 Å². The lowest BCUT2D eigenvalue weighted by Gasteiger charge is -2.28. The largest absolute Gasteiger partial charge is 0.465 e. The fourth-order valence-electron chi connectivity index (χ4n) is 3.47. The predicted molar refractivity (Wildman–Crippen MR) is 89.4 cm³/mol. The van der Waals surface area contributed by atoms with Crippen molar-refractivity contribution in [3.8, 4) is 6.07 Å². The normalized spacial score (nSPS) is 29.5. The number of carbonyl (C=O) groups is 2. The highest BCUT2D eigenvalue weighted by molar-refractivity contribution is 9.10. The second-order valence-corrected chi connectivity index (χ2v) is 6.57. The van der Waals surface area contributed by atoms with E-state index >= 15 is 0 Å². The Labute approximate surface area is 144 Å². The number of hydrogen-bond acceptors (Lipinski definition) is 4. The Morgan fingerprint density at radius 3 is 2.87 bits per heavy atom. The van der Waals surface area contributed by atoms with Gasteiger partial charge in [0.1, 0.15) is 6.29 Å². The van der Waals surface area contributed by atoms with Gasteiger partial charge in [-0.1, -0.05) is 34.1 Å². The summed E-state index contributed by atoms with van der Waals surface area (Å²) >= 11 is 3.40. The smallest absolute Gasteiger partial charge is 0.327 e. The molecule has 4 nitrogen and oxygen atoms in total. The van der Waals surface area contributed by atoms with Crippen molar-refractivity contribution in [1.82, 2.24) is 0 Å². The standard InChI is InChI=1S/C18H18BrNO3/c1-3-12-9-18(11-20,17(22)23-4-2)16(15(12)10-21)13-6-5-7-14(19)8-13/h3,5-8,10,12,15-16H,1,4,9H2,2H3/t12-,15-,16+,18-/m0/s1. The van der Waals surface area contributed by atoms with E-state index in [1.54, 1.807) is 13.0 Å². The van der Waals surface area contributed by atoms with Gasteiger partial charge in [0, 0.05) is 16.3 Å². The van der Waals surface area contributed by atoms with E-state index in [0.29, 0.717) is 0 Å². The highest BCUT2D eigenvalue weighted by Crippen LogP contribution is 2.56. The molecule has 5 heteroatoms. The zero-order chi connectivity index (χ0) is 17.0. The number of nitrogens with zero attached hydrogens (tertiary/aromatic N) is 1. The number of esters is 1. The minimum Gasteiger partial charge on any atom is -0.465 e. The van der Waals surface area contributed by atoms with Crippen molar-refractivity contribution < 1.29 is 14.3 Å². The fraction of sp³-hybridized carbons (Fsp3) is 0.389. The molecule has 1 saturated carbocycles. The summed E-state index contributed by atoms with van der Waals surface area (Å²) in [6, 6.07) is 9.53. The van der Waals surface area contributed by atoms with Crippen LogP contribution in [0.1, 0.15) is 24.8 Å². The minimum atomic E-state index is -1.37. The molecule has 0 radical (unpaired) electrons. The summed E-state index contributed by atoms with van der Waals surface area (Å²) in [6.07, 6.45) is 2.73. The Morgan fingerprint density at radius 1 is 1.61 bits per heavy atom. The van der Waals surface area contributed by atoms with Gasteiger partial charge in [-0.05, 0) is 37.0 Å². The molecule has 0 bridgehead atoms. The molecule has 1 aliphatic carbocycles. The Balaban J connectivity index is 2.62. The molecule has 1 aromatic carbocycles. The zero-order valence-corrected chi connectivity index (χ0v) is 14.5. The topological polar surface area (TPSA) is 67.2 Å².